The Morgan fingerprint density at radius 2 is 1.45 bits per heavy atom. The van der Waals surface area contributed by atoms with Gasteiger partial charge in [0.1, 0.15) is 5.75 Å². The summed E-state index contributed by atoms with van der Waals surface area (Å²) < 4.78 is 45.1. The van der Waals surface area contributed by atoms with Gasteiger partial charge in [0.05, 0.1) is 17.3 Å². The summed E-state index contributed by atoms with van der Waals surface area (Å²) in [5, 5.41) is 6.42. The minimum atomic E-state index is -4.59. The first-order chi connectivity index (χ1) is 19.1. The number of benzene rings is 4. The Balaban J connectivity index is 1.43. The second-order valence-corrected chi connectivity index (χ2v) is 9.17. The van der Waals surface area contributed by atoms with Crippen LogP contribution >= 0.6 is 15.9 Å². The number of ether oxygens (including phenoxy) is 1. The summed E-state index contributed by atoms with van der Waals surface area (Å²) in [7, 11) is 0. The van der Waals surface area contributed by atoms with Crippen LogP contribution in [0.15, 0.2) is 107 Å². The molecule has 4 aromatic rings. The molecule has 0 heterocycles. The monoisotopic (exact) mass is 609 g/mol. The summed E-state index contributed by atoms with van der Waals surface area (Å²) >= 11 is 3.34. The lowest BCUT2D eigenvalue weighted by Gasteiger charge is -2.10. The highest BCUT2D eigenvalue weighted by atomic mass is 79.9. The smallest absolute Gasteiger partial charge is 0.416 e. The lowest BCUT2D eigenvalue weighted by atomic mass is 10.1. The van der Waals surface area contributed by atoms with E-state index >= 15 is 0 Å². The van der Waals surface area contributed by atoms with Crippen LogP contribution in [-0.2, 0) is 6.18 Å². The Hall–Kier alpha value is -4.77. The lowest BCUT2D eigenvalue weighted by Crippen LogP contribution is -2.19. The van der Waals surface area contributed by atoms with E-state index in [-0.39, 0.29) is 22.6 Å². The van der Waals surface area contributed by atoms with Gasteiger partial charge in [0.25, 0.3) is 11.8 Å². The highest BCUT2D eigenvalue weighted by Gasteiger charge is 2.30. The number of alkyl halides is 3. The molecule has 0 spiro atoms. The van der Waals surface area contributed by atoms with Crippen molar-refractivity contribution < 1.29 is 32.3 Å². The number of hydrogen-bond donors (Lipinski definition) is 2. The van der Waals surface area contributed by atoms with E-state index in [2.05, 4.69) is 31.8 Å². The molecular weight excluding hydrogens is 591 g/mol. The Morgan fingerprint density at radius 3 is 2.17 bits per heavy atom. The van der Waals surface area contributed by atoms with Crippen molar-refractivity contribution in [2.75, 3.05) is 5.32 Å². The molecule has 202 valence electrons. The van der Waals surface area contributed by atoms with Gasteiger partial charge in [0.2, 0.25) is 0 Å². The van der Waals surface area contributed by atoms with Crippen molar-refractivity contribution >= 4 is 45.6 Å². The zero-order valence-corrected chi connectivity index (χ0v) is 22.0. The van der Waals surface area contributed by atoms with Gasteiger partial charge >= 0.3 is 12.1 Å². The van der Waals surface area contributed by atoms with Crippen LogP contribution in [0.3, 0.4) is 0 Å². The molecule has 0 saturated heterocycles. The molecule has 0 aliphatic heterocycles. The molecule has 0 aromatic heterocycles. The van der Waals surface area contributed by atoms with Crippen molar-refractivity contribution in [2.24, 2.45) is 5.10 Å². The second kappa shape index (κ2) is 12.4. The van der Waals surface area contributed by atoms with Gasteiger partial charge in [-0.3, -0.25) is 9.59 Å². The first-order valence-electron chi connectivity index (χ1n) is 11.6. The topological polar surface area (TPSA) is 96.9 Å². The normalized spacial score (nSPS) is 11.2. The number of halogens is 4. The Bertz CT molecular complexity index is 1590. The highest BCUT2D eigenvalue weighted by molar-refractivity contribution is 9.10. The van der Waals surface area contributed by atoms with Gasteiger partial charge in [-0.05, 0) is 66.7 Å². The van der Waals surface area contributed by atoms with E-state index in [4.69, 9.17) is 4.74 Å². The van der Waals surface area contributed by atoms with E-state index in [0.29, 0.717) is 15.6 Å². The minimum Gasteiger partial charge on any atom is -0.422 e. The van der Waals surface area contributed by atoms with E-state index in [1.807, 2.05) is 0 Å². The van der Waals surface area contributed by atoms with E-state index in [9.17, 15) is 27.6 Å². The fourth-order valence-electron chi connectivity index (χ4n) is 3.45. The van der Waals surface area contributed by atoms with Crippen LogP contribution in [0.25, 0.3) is 0 Å². The molecule has 2 amide bonds. The maximum absolute atomic E-state index is 13.0. The zero-order valence-electron chi connectivity index (χ0n) is 20.4. The first-order valence-corrected chi connectivity index (χ1v) is 12.4. The summed E-state index contributed by atoms with van der Waals surface area (Å²) in [6, 6.07) is 23.1. The average molecular weight is 610 g/mol. The lowest BCUT2D eigenvalue weighted by molar-refractivity contribution is -0.137. The van der Waals surface area contributed by atoms with Gasteiger partial charge in [-0.25, -0.2) is 10.2 Å². The molecule has 0 saturated carbocycles. The van der Waals surface area contributed by atoms with Crippen LogP contribution < -0.4 is 15.5 Å². The molecule has 0 aliphatic rings. The molecule has 11 heteroatoms. The Kier molecular flexibility index (Phi) is 8.75. The molecule has 0 unspecified atom stereocenters. The molecule has 0 fully saturated rings. The summed E-state index contributed by atoms with van der Waals surface area (Å²) in [5.74, 6) is -1.74. The summed E-state index contributed by atoms with van der Waals surface area (Å²) in [5.41, 5.74) is 2.31. The number of carbonyl (C=O) groups is 3. The van der Waals surface area contributed by atoms with E-state index in [1.54, 1.807) is 48.5 Å². The number of esters is 1. The molecule has 4 rings (SSSR count). The van der Waals surface area contributed by atoms with Crippen LogP contribution in [0.5, 0.6) is 5.75 Å². The maximum atomic E-state index is 13.0. The number of nitrogens with zero attached hydrogens (tertiary/aromatic N) is 1. The van der Waals surface area contributed by atoms with Crippen LogP contribution in [-0.4, -0.2) is 24.0 Å². The van der Waals surface area contributed by atoms with Gasteiger partial charge < -0.3 is 10.1 Å². The minimum absolute atomic E-state index is 0.129. The molecule has 4 aromatic carbocycles. The predicted octanol–water partition coefficient (Wildman–Crippen LogP) is 6.70. The number of nitrogens with one attached hydrogen (secondary N) is 2. The third-order valence-electron chi connectivity index (χ3n) is 5.39. The molecule has 7 nitrogen and oxygen atoms in total. The maximum Gasteiger partial charge on any atom is 0.416 e. The quantitative estimate of drug-likeness (QED) is 0.105. The van der Waals surface area contributed by atoms with Gasteiger partial charge in [0, 0.05) is 26.9 Å². The molecule has 0 bridgehead atoms. The number of rotatable bonds is 7. The van der Waals surface area contributed by atoms with Gasteiger partial charge in [-0.15, -0.1) is 0 Å². The molecule has 2 N–H and O–H groups in total. The van der Waals surface area contributed by atoms with Crippen molar-refractivity contribution in [3.63, 3.8) is 0 Å². The third kappa shape index (κ3) is 7.41. The van der Waals surface area contributed by atoms with Crippen molar-refractivity contribution in [3.8, 4) is 5.75 Å². The van der Waals surface area contributed by atoms with Crippen LogP contribution in [0.2, 0.25) is 0 Å². The predicted molar refractivity (Wildman–Crippen MR) is 146 cm³/mol. The highest BCUT2D eigenvalue weighted by Crippen LogP contribution is 2.29. The molecule has 0 aliphatic carbocycles. The van der Waals surface area contributed by atoms with Crippen molar-refractivity contribution in [1.82, 2.24) is 5.43 Å². The number of hydrazone groups is 1. The standard InChI is InChI=1S/C29H19BrF3N3O4/c30-23-12-13-25(40-28(39)18-6-2-1-3-7-18)21(15-23)17-34-36-27(38)20-9-5-11-24(16-20)35-26(37)19-8-4-10-22(14-19)29(31,32)33/h1-17H,(H,35,37)(H,36,38). The molecular formula is C29H19BrF3N3O4. The number of anilines is 1. The third-order valence-corrected chi connectivity index (χ3v) is 5.88. The van der Waals surface area contributed by atoms with Crippen molar-refractivity contribution in [3.05, 3.63) is 129 Å². The number of hydrogen-bond acceptors (Lipinski definition) is 5. The molecule has 0 atom stereocenters. The molecule has 0 radical (unpaired) electrons. The van der Waals surface area contributed by atoms with Gasteiger partial charge in [-0.1, -0.05) is 46.3 Å². The van der Waals surface area contributed by atoms with Crippen LogP contribution in [0.1, 0.15) is 42.2 Å². The molecule has 40 heavy (non-hydrogen) atoms. The fraction of sp³-hybridized carbons (Fsp3) is 0.0345. The average Bonchev–Trinajstić information content (AvgIpc) is 2.94. The van der Waals surface area contributed by atoms with E-state index in [1.165, 1.54) is 36.5 Å². The van der Waals surface area contributed by atoms with Gasteiger partial charge in [0.15, 0.2) is 0 Å². The number of amides is 2. The largest absolute Gasteiger partial charge is 0.422 e. The first kappa shape index (κ1) is 28.2. The Labute approximate surface area is 234 Å². The van der Waals surface area contributed by atoms with Crippen molar-refractivity contribution in [1.29, 1.82) is 0 Å². The second-order valence-electron chi connectivity index (χ2n) is 8.25. The summed E-state index contributed by atoms with van der Waals surface area (Å²) in [6.45, 7) is 0. The van der Waals surface area contributed by atoms with E-state index in [0.717, 1.165) is 18.2 Å². The van der Waals surface area contributed by atoms with Crippen LogP contribution in [0.4, 0.5) is 18.9 Å². The summed E-state index contributed by atoms with van der Waals surface area (Å²) in [4.78, 5) is 37.6. The zero-order chi connectivity index (χ0) is 28.7. The fourth-order valence-corrected chi connectivity index (χ4v) is 3.83. The Morgan fingerprint density at radius 1 is 0.775 bits per heavy atom. The van der Waals surface area contributed by atoms with Crippen LogP contribution in [0, 0.1) is 0 Å². The SMILES string of the molecule is O=C(NN=Cc1cc(Br)ccc1OC(=O)c1ccccc1)c1cccc(NC(=O)c2cccc(C(F)(F)F)c2)c1. The number of carbonyl (C=O) groups excluding carboxylic acids is 3. The van der Waals surface area contributed by atoms with Crippen molar-refractivity contribution in [2.45, 2.75) is 6.18 Å². The van der Waals surface area contributed by atoms with E-state index < -0.39 is 29.5 Å². The van der Waals surface area contributed by atoms with Gasteiger partial charge in [-0.2, -0.15) is 18.3 Å². The summed E-state index contributed by atoms with van der Waals surface area (Å²) in [6.07, 6.45) is -3.29.